The molecule has 0 bridgehead atoms. The third-order valence-corrected chi connectivity index (χ3v) is 6.97. The Kier molecular flexibility index (Phi) is 6.02. The van der Waals surface area contributed by atoms with Crippen molar-refractivity contribution in [1.82, 2.24) is 10.2 Å². The number of hydrogen-bond donors (Lipinski definition) is 1. The summed E-state index contributed by atoms with van der Waals surface area (Å²) in [6.07, 6.45) is 2.01. The molecule has 0 aromatic heterocycles. The quantitative estimate of drug-likeness (QED) is 0.668. The van der Waals surface area contributed by atoms with E-state index >= 15 is 0 Å². The van der Waals surface area contributed by atoms with Crippen LogP contribution in [-0.2, 0) is 21.5 Å². The van der Waals surface area contributed by atoms with E-state index in [2.05, 4.69) is 38.3 Å². The molecule has 2 amide bonds. The Morgan fingerprint density at radius 1 is 1.03 bits per heavy atom. The fraction of sp³-hybridized carbons (Fsp3) is 0.391. The lowest BCUT2D eigenvalue weighted by Gasteiger charge is -2.45. The first-order chi connectivity index (χ1) is 14.4. The Morgan fingerprint density at radius 3 is 2.37 bits per heavy atom. The number of benzene rings is 2. The normalized spacial score (nSPS) is 23.4. The molecule has 1 atom stereocenters. The minimum atomic E-state index is -1.01. The zero-order chi connectivity index (χ0) is 21.3. The van der Waals surface area contributed by atoms with Crippen molar-refractivity contribution in [1.29, 1.82) is 0 Å². The molecule has 0 aliphatic carbocycles. The Balaban J connectivity index is 1.55. The zero-order valence-corrected chi connectivity index (χ0v) is 18.1. The molecule has 158 valence electrons. The van der Waals surface area contributed by atoms with Gasteiger partial charge in [-0.25, -0.2) is 8.78 Å². The third-order valence-electron chi connectivity index (χ3n) is 6.44. The highest BCUT2D eigenvalue weighted by molar-refractivity contribution is 9.10. The largest absolute Gasteiger partial charge is 0.299 e. The number of hydrogen-bond acceptors (Lipinski definition) is 3. The maximum absolute atomic E-state index is 14.0. The molecule has 4 rings (SSSR count). The Morgan fingerprint density at radius 2 is 1.73 bits per heavy atom. The molecule has 0 unspecified atom stereocenters. The molecule has 0 saturated carbocycles. The highest BCUT2D eigenvalue weighted by Gasteiger charge is 2.50. The predicted octanol–water partition coefficient (Wildman–Crippen LogP) is 4.31. The molecule has 2 aromatic carbocycles. The van der Waals surface area contributed by atoms with Crippen molar-refractivity contribution in [2.75, 3.05) is 13.1 Å². The molecule has 2 aromatic rings. The van der Waals surface area contributed by atoms with Gasteiger partial charge in [0.1, 0.15) is 0 Å². The molecule has 2 fully saturated rings. The molecule has 30 heavy (non-hydrogen) atoms. The molecule has 7 heteroatoms. The van der Waals surface area contributed by atoms with E-state index in [0.717, 1.165) is 49.1 Å². The van der Waals surface area contributed by atoms with Crippen LogP contribution in [0.5, 0.6) is 0 Å². The minimum absolute atomic E-state index is 0.0448. The molecule has 2 aliphatic rings. The molecule has 2 saturated heterocycles. The van der Waals surface area contributed by atoms with Crippen LogP contribution in [0.4, 0.5) is 8.78 Å². The number of likely N-dealkylation sites (tertiary alicyclic amines) is 1. The Labute approximate surface area is 182 Å². The van der Waals surface area contributed by atoms with Crippen LogP contribution in [0.15, 0.2) is 46.9 Å². The van der Waals surface area contributed by atoms with E-state index in [1.807, 2.05) is 12.1 Å². The molecular weight excluding hydrogens is 454 g/mol. The fourth-order valence-electron chi connectivity index (χ4n) is 4.83. The van der Waals surface area contributed by atoms with E-state index in [0.29, 0.717) is 12.0 Å². The monoisotopic (exact) mass is 476 g/mol. The Bertz CT molecular complexity index is 958. The van der Waals surface area contributed by atoms with E-state index in [4.69, 9.17) is 0 Å². The van der Waals surface area contributed by atoms with Gasteiger partial charge < -0.3 is 0 Å². The van der Waals surface area contributed by atoms with E-state index in [1.54, 1.807) is 0 Å². The van der Waals surface area contributed by atoms with Gasteiger partial charge >= 0.3 is 0 Å². The topological polar surface area (TPSA) is 49.4 Å². The van der Waals surface area contributed by atoms with Gasteiger partial charge in [-0.05, 0) is 73.7 Å². The molecular formula is C23H23BrF2N2O2. The van der Waals surface area contributed by atoms with Crippen molar-refractivity contribution in [3.05, 3.63) is 69.7 Å². The van der Waals surface area contributed by atoms with Crippen LogP contribution in [0.1, 0.15) is 36.8 Å². The Hall–Kier alpha value is -2.12. The third kappa shape index (κ3) is 4.05. The van der Waals surface area contributed by atoms with Crippen LogP contribution in [0.2, 0.25) is 0 Å². The van der Waals surface area contributed by atoms with Gasteiger partial charge in [-0.1, -0.05) is 34.1 Å². The average molecular weight is 477 g/mol. The van der Waals surface area contributed by atoms with Crippen LogP contribution in [0, 0.1) is 17.6 Å². The van der Waals surface area contributed by atoms with E-state index in [1.165, 1.54) is 11.6 Å². The van der Waals surface area contributed by atoms with Gasteiger partial charge in [-0.15, -0.1) is 0 Å². The first-order valence-electron chi connectivity index (χ1n) is 10.1. The van der Waals surface area contributed by atoms with Gasteiger partial charge in [0.2, 0.25) is 11.8 Å². The van der Waals surface area contributed by atoms with E-state index in [-0.39, 0.29) is 18.2 Å². The summed E-state index contributed by atoms with van der Waals surface area (Å²) in [7, 11) is 0. The number of piperidine rings is 2. The van der Waals surface area contributed by atoms with Gasteiger partial charge in [0.05, 0.1) is 5.41 Å². The summed E-state index contributed by atoms with van der Waals surface area (Å²) in [6, 6.07) is 11.9. The van der Waals surface area contributed by atoms with E-state index < -0.39 is 23.0 Å². The fourth-order valence-corrected chi connectivity index (χ4v) is 5.10. The first kappa shape index (κ1) is 21.1. The van der Waals surface area contributed by atoms with Gasteiger partial charge in [0, 0.05) is 17.4 Å². The molecule has 1 N–H and O–H groups in total. The van der Waals surface area contributed by atoms with Crippen LogP contribution < -0.4 is 5.32 Å². The second-order valence-electron chi connectivity index (χ2n) is 8.15. The summed E-state index contributed by atoms with van der Waals surface area (Å²) in [4.78, 5) is 27.2. The van der Waals surface area contributed by atoms with Crippen LogP contribution in [0.3, 0.4) is 0 Å². The number of imide groups is 1. The van der Waals surface area contributed by atoms with Gasteiger partial charge in [-0.3, -0.25) is 19.8 Å². The van der Waals surface area contributed by atoms with Crippen molar-refractivity contribution in [3.63, 3.8) is 0 Å². The number of rotatable bonds is 4. The molecule has 0 radical (unpaired) electrons. The van der Waals surface area contributed by atoms with Gasteiger partial charge in [0.25, 0.3) is 0 Å². The lowest BCUT2D eigenvalue weighted by atomic mass is 9.62. The highest BCUT2D eigenvalue weighted by Crippen LogP contribution is 2.44. The number of carbonyl (C=O) groups excluding carboxylic acids is 2. The first-order valence-corrected chi connectivity index (χ1v) is 10.9. The number of amides is 2. The van der Waals surface area contributed by atoms with Crippen LogP contribution >= 0.6 is 15.9 Å². The minimum Gasteiger partial charge on any atom is -0.299 e. The standard InChI is InChI=1S/C23H23BrF2N2O2/c24-18-4-1-15(2-5-18)14-28-11-8-16(9-12-28)23(10-7-21(29)27-22(23)30)17-3-6-19(25)20(26)13-17/h1-6,13,16H,7-12,14H2,(H,27,29,30)/t23-/m0/s1. The van der Waals surface area contributed by atoms with Crippen molar-refractivity contribution >= 4 is 27.7 Å². The van der Waals surface area contributed by atoms with E-state index in [9.17, 15) is 18.4 Å². The van der Waals surface area contributed by atoms with Crippen LogP contribution in [-0.4, -0.2) is 29.8 Å². The van der Waals surface area contributed by atoms with Crippen LogP contribution in [0.25, 0.3) is 0 Å². The molecule has 0 spiro atoms. The predicted molar refractivity (Wildman–Crippen MR) is 113 cm³/mol. The zero-order valence-electron chi connectivity index (χ0n) is 16.5. The number of halogens is 3. The summed E-state index contributed by atoms with van der Waals surface area (Å²) in [5, 5.41) is 2.44. The highest BCUT2D eigenvalue weighted by atomic mass is 79.9. The van der Waals surface area contributed by atoms with Gasteiger partial charge in [0.15, 0.2) is 11.6 Å². The molecule has 2 aliphatic heterocycles. The maximum atomic E-state index is 14.0. The van der Waals surface area contributed by atoms with Crippen molar-refractivity contribution in [2.24, 2.45) is 5.92 Å². The molecule has 2 heterocycles. The van der Waals surface area contributed by atoms with Crippen molar-refractivity contribution < 1.29 is 18.4 Å². The second kappa shape index (κ2) is 8.55. The summed E-state index contributed by atoms with van der Waals surface area (Å²) in [5.74, 6) is -2.66. The summed E-state index contributed by atoms with van der Waals surface area (Å²) in [6.45, 7) is 2.42. The van der Waals surface area contributed by atoms with Crippen molar-refractivity contribution in [2.45, 2.75) is 37.6 Å². The van der Waals surface area contributed by atoms with Crippen molar-refractivity contribution in [3.8, 4) is 0 Å². The summed E-state index contributed by atoms with van der Waals surface area (Å²) < 4.78 is 28.6. The lowest BCUT2D eigenvalue weighted by molar-refractivity contribution is -0.140. The van der Waals surface area contributed by atoms with Gasteiger partial charge in [-0.2, -0.15) is 0 Å². The maximum Gasteiger partial charge on any atom is 0.237 e. The average Bonchev–Trinajstić information content (AvgIpc) is 2.73. The smallest absolute Gasteiger partial charge is 0.237 e. The summed E-state index contributed by atoms with van der Waals surface area (Å²) >= 11 is 3.44. The summed E-state index contributed by atoms with van der Waals surface area (Å²) in [5.41, 5.74) is 0.664. The lowest BCUT2D eigenvalue weighted by Crippen LogP contribution is -2.57. The second-order valence-corrected chi connectivity index (χ2v) is 9.07. The molecule has 4 nitrogen and oxygen atoms in total. The SMILES string of the molecule is O=C1CC[C@@](c2ccc(F)c(F)c2)(C2CCN(Cc3ccc(Br)cc3)CC2)C(=O)N1. The number of carbonyl (C=O) groups is 2. The number of nitrogens with zero attached hydrogens (tertiary/aromatic N) is 1. The number of nitrogens with one attached hydrogen (secondary N) is 1.